The van der Waals surface area contributed by atoms with E-state index in [1.807, 2.05) is 36.5 Å². The molecule has 1 aliphatic heterocycles. The van der Waals surface area contributed by atoms with Crippen LogP contribution in [0.15, 0.2) is 55.1 Å². The Bertz CT molecular complexity index is 1140. The molecule has 0 aliphatic carbocycles. The number of nitrogens with zero attached hydrogens (tertiary/aromatic N) is 3. The number of rotatable bonds is 3. The molecular weight excluding hydrogens is 328 g/mol. The van der Waals surface area contributed by atoms with Gasteiger partial charge in [0.25, 0.3) is 5.91 Å². The van der Waals surface area contributed by atoms with E-state index in [4.69, 9.17) is 0 Å². The molecule has 0 spiro atoms. The predicted octanol–water partition coefficient (Wildman–Crippen LogP) is 3.01. The van der Waals surface area contributed by atoms with Crippen molar-refractivity contribution in [3.8, 4) is 11.3 Å². The lowest BCUT2D eigenvalue weighted by molar-refractivity contribution is 0.0966. The summed E-state index contributed by atoms with van der Waals surface area (Å²) in [6.07, 6.45) is 6.98. The number of anilines is 2. The van der Waals surface area contributed by atoms with E-state index in [-0.39, 0.29) is 5.91 Å². The van der Waals surface area contributed by atoms with Crippen LogP contribution in [0.3, 0.4) is 0 Å². The van der Waals surface area contributed by atoms with Crippen molar-refractivity contribution in [1.82, 2.24) is 25.3 Å². The first-order valence-corrected chi connectivity index (χ1v) is 8.22. The first-order chi connectivity index (χ1) is 12.8. The third kappa shape index (κ3) is 2.21. The molecule has 0 aromatic carbocycles. The van der Waals surface area contributed by atoms with Gasteiger partial charge in [-0.05, 0) is 24.3 Å². The monoisotopic (exact) mass is 342 g/mol. The van der Waals surface area contributed by atoms with Gasteiger partial charge >= 0.3 is 0 Å². The lowest BCUT2D eigenvalue weighted by Crippen LogP contribution is -2.13. The molecule has 0 saturated heterocycles. The summed E-state index contributed by atoms with van der Waals surface area (Å²) in [6, 6.07) is 9.47. The molecule has 0 atom stereocenters. The highest BCUT2D eigenvalue weighted by Crippen LogP contribution is 2.35. The molecule has 0 bridgehead atoms. The van der Waals surface area contributed by atoms with E-state index in [2.05, 4.69) is 30.6 Å². The van der Waals surface area contributed by atoms with Gasteiger partial charge in [0.2, 0.25) is 0 Å². The second kappa shape index (κ2) is 5.66. The molecule has 7 nitrogen and oxygen atoms in total. The van der Waals surface area contributed by atoms with Crippen LogP contribution >= 0.6 is 0 Å². The highest BCUT2D eigenvalue weighted by atomic mass is 16.1. The van der Waals surface area contributed by atoms with Gasteiger partial charge < -0.3 is 15.6 Å². The molecule has 0 fully saturated rings. The summed E-state index contributed by atoms with van der Waals surface area (Å²) in [4.78, 5) is 28.8. The molecule has 5 heterocycles. The zero-order valence-corrected chi connectivity index (χ0v) is 13.7. The molecule has 4 aromatic rings. The maximum Gasteiger partial charge on any atom is 0.254 e. The average molecular weight is 342 g/mol. The molecule has 126 valence electrons. The minimum absolute atomic E-state index is 0.110. The number of H-pyrrole nitrogens is 1. The first kappa shape index (κ1) is 14.6. The van der Waals surface area contributed by atoms with Crippen LogP contribution in [0, 0.1) is 0 Å². The third-order valence-electron chi connectivity index (χ3n) is 4.48. The lowest BCUT2D eigenvalue weighted by Gasteiger charge is -2.12. The van der Waals surface area contributed by atoms with E-state index in [1.165, 1.54) is 0 Å². The highest BCUT2D eigenvalue weighted by molar-refractivity contribution is 6.06. The molecule has 1 amide bonds. The van der Waals surface area contributed by atoms with Crippen molar-refractivity contribution < 1.29 is 4.79 Å². The molecule has 0 unspecified atom stereocenters. The van der Waals surface area contributed by atoms with Crippen LogP contribution in [-0.2, 0) is 6.54 Å². The summed E-state index contributed by atoms with van der Waals surface area (Å²) in [5.41, 5.74) is 4.68. The predicted molar refractivity (Wildman–Crippen MR) is 98.0 cm³/mol. The number of carbonyl (C=O) groups is 1. The van der Waals surface area contributed by atoms with E-state index < -0.39 is 0 Å². The normalized spacial score (nSPS) is 12.8. The summed E-state index contributed by atoms with van der Waals surface area (Å²) in [5.74, 6) is 0.558. The van der Waals surface area contributed by atoms with Crippen molar-refractivity contribution in [2.24, 2.45) is 0 Å². The van der Waals surface area contributed by atoms with E-state index in [9.17, 15) is 4.79 Å². The SMILES string of the molecule is O=C1NCc2c(-c3ccnc4[nH]ccc34)ncc(Nc3ccccn3)c21. The zero-order chi connectivity index (χ0) is 17.5. The van der Waals surface area contributed by atoms with Gasteiger partial charge in [-0.15, -0.1) is 0 Å². The summed E-state index contributed by atoms with van der Waals surface area (Å²) >= 11 is 0. The largest absolute Gasteiger partial charge is 0.348 e. The Morgan fingerprint density at radius 3 is 2.88 bits per heavy atom. The lowest BCUT2D eigenvalue weighted by atomic mass is 10.0. The van der Waals surface area contributed by atoms with E-state index in [0.717, 1.165) is 27.9 Å². The van der Waals surface area contributed by atoms with Gasteiger partial charge in [-0.3, -0.25) is 9.78 Å². The molecule has 5 rings (SSSR count). The molecule has 1 aliphatic rings. The number of fused-ring (bicyclic) bond motifs is 2. The second-order valence-electron chi connectivity index (χ2n) is 6.00. The number of pyridine rings is 3. The Hall–Kier alpha value is -3.74. The average Bonchev–Trinajstić information content (AvgIpc) is 3.30. The van der Waals surface area contributed by atoms with Gasteiger partial charge in [-0.25, -0.2) is 9.97 Å². The number of amides is 1. The highest BCUT2D eigenvalue weighted by Gasteiger charge is 2.28. The van der Waals surface area contributed by atoms with Crippen molar-refractivity contribution in [2.75, 3.05) is 5.32 Å². The van der Waals surface area contributed by atoms with Crippen molar-refractivity contribution in [3.05, 3.63) is 66.2 Å². The Morgan fingerprint density at radius 1 is 1.04 bits per heavy atom. The number of hydrogen-bond donors (Lipinski definition) is 3. The summed E-state index contributed by atoms with van der Waals surface area (Å²) < 4.78 is 0. The Balaban J connectivity index is 1.68. The molecule has 3 N–H and O–H groups in total. The molecule has 4 aromatic heterocycles. The maximum atomic E-state index is 12.5. The fourth-order valence-corrected chi connectivity index (χ4v) is 3.31. The Kier molecular flexibility index (Phi) is 3.18. The van der Waals surface area contributed by atoms with Gasteiger partial charge in [-0.2, -0.15) is 0 Å². The minimum atomic E-state index is -0.110. The van der Waals surface area contributed by atoms with Crippen molar-refractivity contribution in [1.29, 1.82) is 0 Å². The smallest absolute Gasteiger partial charge is 0.254 e. The fourth-order valence-electron chi connectivity index (χ4n) is 3.31. The Labute approximate surface area is 148 Å². The fraction of sp³-hybridized carbons (Fsp3) is 0.0526. The van der Waals surface area contributed by atoms with Crippen LogP contribution in [0.25, 0.3) is 22.3 Å². The molecule has 0 radical (unpaired) electrons. The van der Waals surface area contributed by atoms with Crippen LogP contribution in [0.1, 0.15) is 15.9 Å². The van der Waals surface area contributed by atoms with Crippen LogP contribution in [0.2, 0.25) is 0 Å². The Morgan fingerprint density at radius 2 is 2.00 bits per heavy atom. The third-order valence-corrected chi connectivity index (χ3v) is 4.48. The number of hydrogen-bond acceptors (Lipinski definition) is 5. The van der Waals surface area contributed by atoms with Crippen LogP contribution < -0.4 is 10.6 Å². The summed E-state index contributed by atoms with van der Waals surface area (Å²) in [5, 5.41) is 7.07. The number of aromatic nitrogens is 4. The van der Waals surface area contributed by atoms with E-state index in [1.54, 1.807) is 18.6 Å². The number of carbonyl (C=O) groups excluding carboxylic acids is 1. The topological polar surface area (TPSA) is 95.6 Å². The number of aromatic amines is 1. The standard InChI is InChI=1S/C19H14N6O/c26-19-16-13(9-24-19)17(11-4-7-21-18-12(11)5-8-22-18)23-10-14(16)25-15-3-1-2-6-20-15/h1-8,10H,9H2,(H,20,25)(H,21,22)(H,24,26). The number of nitrogens with one attached hydrogen (secondary N) is 3. The van der Waals surface area contributed by atoms with Gasteiger partial charge in [0, 0.05) is 41.6 Å². The van der Waals surface area contributed by atoms with Crippen LogP contribution in [-0.4, -0.2) is 25.8 Å². The van der Waals surface area contributed by atoms with Gasteiger partial charge in [0.05, 0.1) is 23.1 Å². The van der Waals surface area contributed by atoms with Crippen molar-refractivity contribution >= 4 is 28.4 Å². The maximum absolute atomic E-state index is 12.5. The van der Waals surface area contributed by atoms with E-state index in [0.29, 0.717) is 23.6 Å². The molecule has 0 saturated carbocycles. The van der Waals surface area contributed by atoms with Crippen LogP contribution in [0.5, 0.6) is 0 Å². The van der Waals surface area contributed by atoms with Gasteiger partial charge in [-0.1, -0.05) is 6.07 Å². The second-order valence-corrected chi connectivity index (χ2v) is 6.00. The molecular formula is C19H14N6O. The molecule has 26 heavy (non-hydrogen) atoms. The summed E-state index contributed by atoms with van der Waals surface area (Å²) in [7, 11) is 0. The van der Waals surface area contributed by atoms with Gasteiger partial charge in [0.15, 0.2) is 0 Å². The zero-order valence-electron chi connectivity index (χ0n) is 13.7. The first-order valence-electron chi connectivity index (χ1n) is 8.22. The van der Waals surface area contributed by atoms with Crippen LogP contribution in [0.4, 0.5) is 11.5 Å². The molecule has 7 heteroatoms. The summed E-state index contributed by atoms with van der Waals surface area (Å²) in [6.45, 7) is 0.447. The van der Waals surface area contributed by atoms with Crippen molar-refractivity contribution in [3.63, 3.8) is 0 Å². The van der Waals surface area contributed by atoms with E-state index >= 15 is 0 Å². The van der Waals surface area contributed by atoms with Crippen molar-refractivity contribution in [2.45, 2.75) is 6.54 Å². The van der Waals surface area contributed by atoms with Gasteiger partial charge in [0.1, 0.15) is 11.5 Å². The minimum Gasteiger partial charge on any atom is -0.348 e. The quantitative estimate of drug-likeness (QED) is 0.532.